The van der Waals surface area contributed by atoms with Gasteiger partial charge >= 0.3 is 0 Å². The maximum atomic E-state index is 5.13. The van der Waals surface area contributed by atoms with E-state index >= 15 is 0 Å². The van der Waals surface area contributed by atoms with Crippen LogP contribution in [-0.2, 0) is 0 Å². The van der Waals surface area contributed by atoms with Gasteiger partial charge in [-0.05, 0) is 41.9 Å². The quantitative estimate of drug-likeness (QED) is 0.475. The normalized spacial score (nSPS) is 10.9. The van der Waals surface area contributed by atoms with Crippen molar-refractivity contribution in [3.8, 4) is 28.4 Å². The standard InChI is InChI=1S/C20H15N7OS/c1-28-19-9-4-14(10-21-19)18-8-7-16-11-22-20(25-27(16)18)23-15-5-2-13(3-6-15)17-12-29-26-24-17/h2-12H,1H3,(H,23,25). The molecule has 0 atom stereocenters. The van der Waals surface area contributed by atoms with Crippen molar-refractivity contribution in [1.29, 1.82) is 0 Å². The summed E-state index contributed by atoms with van der Waals surface area (Å²) in [5, 5.41) is 13.9. The second kappa shape index (κ2) is 7.28. The smallest absolute Gasteiger partial charge is 0.245 e. The highest BCUT2D eigenvalue weighted by Crippen LogP contribution is 2.24. The molecular weight excluding hydrogens is 386 g/mol. The molecule has 5 rings (SSSR count). The van der Waals surface area contributed by atoms with Gasteiger partial charge in [-0.15, -0.1) is 10.2 Å². The van der Waals surface area contributed by atoms with E-state index in [1.54, 1.807) is 19.5 Å². The van der Waals surface area contributed by atoms with E-state index in [2.05, 4.69) is 30.0 Å². The van der Waals surface area contributed by atoms with Crippen molar-refractivity contribution in [2.24, 2.45) is 0 Å². The highest BCUT2D eigenvalue weighted by Gasteiger charge is 2.09. The molecule has 5 aromatic rings. The molecule has 4 aromatic heterocycles. The van der Waals surface area contributed by atoms with Gasteiger partial charge in [0, 0.05) is 34.5 Å². The number of rotatable bonds is 5. The first kappa shape index (κ1) is 17.3. The van der Waals surface area contributed by atoms with E-state index in [-0.39, 0.29) is 0 Å². The Morgan fingerprint density at radius 1 is 0.931 bits per heavy atom. The number of hydrogen-bond donors (Lipinski definition) is 1. The van der Waals surface area contributed by atoms with E-state index < -0.39 is 0 Å². The minimum absolute atomic E-state index is 0.500. The topological polar surface area (TPSA) is 90.1 Å². The first-order valence-corrected chi connectivity index (χ1v) is 9.63. The molecule has 29 heavy (non-hydrogen) atoms. The van der Waals surface area contributed by atoms with Crippen molar-refractivity contribution >= 4 is 28.7 Å². The number of nitrogens with one attached hydrogen (secondary N) is 1. The van der Waals surface area contributed by atoms with Crippen molar-refractivity contribution in [1.82, 2.24) is 29.2 Å². The summed E-state index contributed by atoms with van der Waals surface area (Å²) in [6, 6.07) is 15.7. The van der Waals surface area contributed by atoms with E-state index in [1.807, 2.05) is 58.4 Å². The van der Waals surface area contributed by atoms with Crippen LogP contribution in [0.3, 0.4) is 0 Å². The molecule has 4 heterocycles. The highest BCUT2D eigenvalue weighted by atomic mass is 32.1. The van der Waals surface area contributed by atoms with Gasteiger partial charge < -0.3 is 10.1 Å². The van der Waals surface area contributed by atoms with E-state index in [1.165, 1.54) is 11.5 Å². The van der Waals surface area contributed by atoms with Gasteiger partial charge in [0.25, 0.3) is 0 Å². The first-order chi connectivity index (χ1) is 14.3. The number of hydrogen-bond acceptors (Lipinski definition) is 8. The lowest BCUT2D eigenvalue weighted by Crippen LogP contribution is -2.02. The van der Waals surface area contributed by atoms with Gasteiger partial charge in [-0.1, -0.05) is 16.6 Å². The summed E-state index contributed by atoms with van der Waals surface area (Å²) in [4.78, 5) is 8.69. The van der Waals surface area contributed by atoms with Crippen molar-refractivity contribution in [3.05, 3.63) is 66.3 Å². The van der Waals surface area contributed by atoms with Gasteiger partial charge in [-0.25, -0.2) is 14.5 Å². The molecule has 0 unspecified atom stereocenters. The molecule has 0 saturated heterocycles. The summed E-state index contributed by atoms with van der Waals surface area (Å²) in [5.41, 5.74) is 5.53. The van der Waals surface area contributed by atoms with Crippen LogP contribution in [0.1, 0.15) is 0 Å². The Kier molecular flexibility index (Phi) is 4.34. The van der Waals surface area contributed by atoms with Crippen LogP contribution >= 0.6 is 11.5 Å². The summed E-state index contributed by atoms with van der Waals surface area (Å²) in [5.74, 6) is 1.07. The summed E-state index contributed by atoms with van der Waals surface area (Å²) >= 11 is 1.33. The number of methoxy groups -OCH3 is 1. The van der Waals surface area contributed by atoms with Crippen molar-refractivity contribution in [2.75, 3.05) is 12.4 Å². The Morgan fingerprint density at radius 3 is 2.52 bits per heavy atom. The predicted molar refractivity (Wildman–Crippen MR) is 111 cm³/mol. The minimum atomic E-state index is 0.500. The molecule has 0 aliphatic rings. The molecule has 0 saturated carbocycles. The van der Waals surface area contributed by atoms with Crippen LogP contribution in [0.5, 0.6) is 5.88 Å². The van der Waals surface area contributed by atoms with Crippen LogP contribution in [0, 0.1) is 0 Å². The molecule has 1 N–H and O–H groups in total. The molecule has 0 radical (unpaired) electrons. The fourth-order valence-corrected chi connectivity index (χ4v) is 3.44. The molecule has 0 amide bonds. The number of aromatic nitrogens is 6. The third-order valence-electron chi connectivity index (χ3n) is 4.44. The third-order valence-corrected chi connectivity index (χ3v) is 4.94. The maximum absolute atomic E-state index is 5.13. The zero-order chi connectivity index (χ0) is 19.6. The second-order valence-corrected chi connectivity index (χ2v) is 6.83. The molecule has 9 heteroatoms. The average molecular weight is 401 g/mol. The fourth-order valence-electron chi connectivity index (χ4n) is 2.97. The van der Waals surface area contributed by atoms with Gasteiger partial charge in [0.2, 0.25) is 11.8 Å². The van der Waals surface area contributed by atoms with Crippen LogP contribution in [0.2, 0.25) is 0 Å². The fraction of sp³-hybridized carbons (Fsp3) is 0.0500. The lowest BCUT2D eigenvalue weighted by atomic mass is 10.1. The number of benzene rings is 1. The molecule has 0 aliphatic carbocycles. The Balaban J connectivity index is 1.43. The molecule has 0 fully saturated rings. The Hall–Kier alpha value is -3.85. The monoisotopic (exact) mass is 401 g/mol. The number of anilines is 2. The Labute approximate surface area is 170 Å². The van der Waals surface area contributed by atoms with Crippen molar-refractivity contribution in [2.45, 2.75) is 0 Å². The van der Waals surface area contributed by atoms with Gasteiger partial charge in [-0.3, -0.25) is 0 Å². The van der Waals surface area contributed by atoms with E-state index in [4.69, 9.17) is 4.74 Å². The van der Waals surface area contributed by atoms with Gasteiger partial charge in [0.1, 0.15) is 5.69 Å². The molecule has 142 valence electrons. The van der Waals surface area contributed by atoms with Crippen LogP contribution in [-0.4, -0.2) is 36.3 Å². The minimum Gasteiger partial charge on any atom is -0.481 e. The zero-order valence-corrected chi connectivity index (χ0v) is 16.2. The lowest BCUT2D eigenvalue weighted by Gasteiger charge is -2.08. The summed E-state index contributed by atoms with van der Waals surface area (Å²) in [7, 11) is 1.60. The van der Waals surface area contributed by atoms with Crippen LogP contribution in [0.15, 0.2) is 66.3 Å². The zero-order valence-electron chi connectivity index (χ0n) is 15.4. The van der Waals surface area contributed by atoms with E-state index in [9.17, 15) is 0 Å². The maximum Gasteiger partial charge on any atom is 0.245 e. The number of nitrogens with zero attached hydrogens (tertiary/aromatic N) is 6. The molecule has 8 nitrogen and oxygen atoms in total. The van der Waals surface area contributed by atoms with Crippen molar-refractivity contribution in [3.63, 3.8) is 0 Å². The lowest BCUT2D eigenvalue weighted by molar-refractivity contribution is 0.398. The Bertz CT molecular complexity index is 1250. The number of fused-ring (bicyclic) bond motifs is 1. The van der Waals surface area contributed by atoms with Crippen LogP contribution in [0.25, 0.3) is 28.0 Å². The summed E-state index contributed by atoms with van der Waals surface area (Å²) < 4.78 is 10.9. The molecule has 0 bridgehead atoms. The number of ether oxygens (including phenoxy) is 1. The highest BCUT2D eigenvalue weighted by molar-refractivity contribution is 7.03. The van der Waals surface area contributed by atoms with Crippen LogP contribution in [0.4, 0.5) is 11.6 Å². The van der Waals surface area contributed by atoms with Gasteiger partial charge in [0.05, 0.1) is 24.5 Å². The number of pyridine rings is 1. The van der Waals surface area contributed by atoms with Crippen LogP contribution < -0.4 is 10.1 Å². The average Bonchev–Trinajstić information content (AvgIpc) is 3.44. The SMILES string of the molecule is COc1ccc(-c2ccc3cnc(Nc4ccc(-c5csnn5)cc4)nn23)cn1. The van der Waals surface area contributed by atoms with E-state index in [0.717, 1.165) is 33.7 Å². The van der Waals surface area contributed by atoms with Gasteiger partial charge in [0.15, 0.2) is 0 Å². The molecule has 0 aliphatic heterocycles. The first-order valence-electron chi connectivity index (χ1n) is 8.80. The second-order valence-electron chi connectivity index (χ2n) is 6.22. The summed E-state index contributed by atoms with van der Waals surface area (Å²) in [6.45, 7) is 0. The summed E-state index contributed by atoms with van der Waals surface area (Å²) in [6.07, 6.45) is 3.55. The molecular formula is C20H15N7OS. The van der Waals surface area contributed by atoms with E-state index in [0.29, 0.717) is 11.8 Å². The van der Waals surface area contributed by atoms with Gasteiger partial charge in [-0.2, -0.15) is 0 Å². The molecule has 1 aromatic carbocycles. The van der Waals surface area contributed by atoms with Crippen molar-refractivity contribution < 1.29 is 4.74 Å². The largest absolute Gasteiger partial charge is 0.481 e. The Morgan fingerprint density at radius 2 is 1.79 bits per heavy atom. The predicted octanol–water partition coefficient (Wildman–Crippen LogP) is 4.06. The molecule has 0 spiro atoms. The third kappa shape index (κ3) is 3.39.